The van der Waals surface area contributed by atoms with Crippen molar-refractivity contribution in [2.24, 2.45) is 11.8 Å². The minimum atomic E-state index is -0.263. The topological polar surface area (TPSA) is 48.9 Å². The van der Waals surface area contributed by atoms with Gasteiger partial charge in [0.05, 0.1) is 11.6 Å². The normalized spacial score (nSPS) is 29.8. The molecule has 4 aliphatic heterocycles. The molecule has 166 valence electrons. The van der Waals surface area contributed by atoms with Crippen molar-refractivity contribution in [2.75, 3.05) is 46.3 Å². The van der Waals surface area contributed by atoms with Gasteiger partial charge in [-0.15, -0.1) is 0 Å². The van der Waals surface area contributed by atoms with Crippen LogP contribution in [0.25, 0.3) is 10.9 Å². The van der Waals surface area contributed by atoms with Crippen LogP contribution in [0.2, 0.25) is 0 Å². The molecule has 31 heavy (non-hydrogen) atoms. The Morgan fingerprint density at radius 2 is 1.97 bits per heavy atom. The molecule has 0 spiro atoms. The molecule has 5 heterocycles. The zero-order valence-corrected chi connectivity index (χ0v) is 18.7. The third kappa shape index (κ3) is 4.03. The summed E-state index contributed by atoms with van der Waals surface area (Å²) < 4.78 is 6.38. The van der Waals surface area contributed by atoms with Crippen molar-refractivity contribution in [3.05, 3.63) is 42.1 Å². The predicted octanol–water partition coefficient (Wildman–Crippen LogP) is 3.78. The molecule has 2 bridgehead atoms. The molecular formula is C25H34N4O2. The molecule has 5 atom stereocenters. The van der Waals surface area contributed by atoms with E-state index in [0.717, 1.165) is 74.0 Å². The van der Waals surface area contributed by atoms with Crippen LogP contribution < -0.4 is 0 Å². The first-order valence-electron chi connectivity index (χ1n) is 11.9. The van der Waals surface area contributed by atoms with Crippen LogP contribution in [0.3, 0.4) is 0 Å². The number of pyridine rings is 1. The maximum Gasteiger partial charge on any atom is 0.410 e. The summed E-state index contributed by atoms with van der Waals surface area (Å²) in [5.41, 5.74) is 2.06. The van der Waals surface area contributed by atoms with Crippen molar-refractivity contribution >= 4 is 17.0 Å². The Hall–Kier alpha value is -2.18. The zero-order valence-electron chi connectivity index (χ0n) is 18.7. The molecule has 2 aromatic rings. The van der Waals surface area contributed by atoms with Gasteiger partial charge in [0.15, 0.2) is 0 Å². The van der Waals surface area contributed by atoms with Gasteiger partial charge in [0.25, 0.3) is 0 Å². The van der Waals surface area contributed by atoms with Crippen LogP contribution in [-0.2, 0) is 4.74 Å². The van der Waals surface area contributed by atoms with Crippen molar-refractivity contribution in [1.29, 1.82) is 0 Å². The van der Waals surface area contributed by atoms with E-state index in [0.29, 0.717) is 0 Å². The van der Waals surface area contributed by atoms with Gasteiger partial charge < -0.3 is 14.5 Å². The fraction of sp³-hybridized carbons (Fsp3) is 0.600. The lowest BCUT2D eigenvalue weighted by molar-refractivity contribution is -0.0669. The number of hydrogen-bond donors (Lipinski definition) is 0. The fourth-order valence-corrected chi connectivity index (χ4v) is 5.84. The van der Waals surface area contributed by atoms with Gasteiger partial charge >= 0.3 is 6.09 Å². The van der Waals surface area contributed by atoms with E-state index < -0.39 is 0 Å². The Bertz CT molecular complexity index is 921. The van der Waals surface area contributed by atoms with Crippen LogP contribution in [0, 0.1) is 11.8 Å². The highest BCUT2D eigenvalue weighted by atomic mass is 16.6. The second-order valence-corrected chi connectivity index (χ2v) is 9.53. The summed E-state index contributed by atoms with van der Waals surface area (Å²) in [4.78, 5) is 24.5. The molecule has 1 aromatic heterocycles. The van der Waals surface area contributed by atoms with Crippen LogP contribution in [0.5, 0.6) is 0 Å². The first-order chi connectivity index (χ1) is 15.1. The molecule has 0 radical (unpaired) electrons. The van der Waals surface area contributed by atoms with Gasteiger partial charge in [0, 0.05) is 49.9 Å². The SMILES string of the molecule is CC[C@H]1CN2CC[C@H]1C[C@H]2[C@H](OC(=O)N1CCN(C)CC1)c1ccnc2ccccc12. The highest BCUT2D eigenvalue weighted by molar-refractivity contribution is 5.82. The second kappa shape index (κ2) is 8.75. The van der Waals surface area contributed by atoms with E-state index in [1.807, 2.05) is 29.3 Å². The number of carbonyl (C=O) groups is 1. The lowest BCUT2D eigenvalue weighted by Crippen LogP contribution is -2.56. The van der Waals surface area contributed by atoms with Crippen molar-refractivity contribution in [3.63, 3.8) is 0 Å². The van der Waals surface area contributed by atoms with Crippen LogP contribution in [0.1, 0.15) is 37.9 Å². The quantitative estimate of drug-likeness (QED) is 0.751. The van der Waals surface area contributed by atoms with Crippen LogP contribution >= 0.6 is 0 Å². The number of fused-ring (bicyclic) bond motifs is 4. The van der Waals surface area contributed by atoms with Gasteiger partial charge in [-0.1, -0.05) is 31.5 Å². The number of benzene rings is 1. The van der Waals surface area contributed by atoms with Gasteiger partial charge in [-0.25, -0.2) is 4.79 Å². The van der Waals surface area contributed by atoms with E-state index in [1.165, 1.54) is 12.8 Å². The summed E-state index contributed by atoms with van der Waals surface area (Å²) in [5.74, 6) is 1.51. The maximum absolute atomic E-state index is 13.2. The Morgan fingerprint density at radius 3 is 2.71 bits per heavy atom. The Balaban J connectivity index is 1.46. The van der Waals surface area contributed by atoms with E-state index in [2.05, 4.69) is 40.9 Å². The van der Waals surface area contributed by atoms with E-state index in [1.54, 1.807) is 0 Å². The number of rotatable bonds is 4. The molecule has 0 N–H and O–H groups in total. The molecule has 6 heteroatoms. The van der Waals surface area contributed by atoms with Gasteiger partial charge in [-0.3, -0.25) is 9.88 Å². The molecule has 6 rings (SSSR count). The molecule has 0 aliphatic carbocycles. The van der Waals surface area contributed by atoms with E-state index in [-0.39, 0.29) is 18.2 Å². The fourth-order valence-electron chi connectivity index (χ4n) is 5.84. The van der Waals surface area contributed by atoms with Crippen LogP contribution in [-0.4, -0.2) is 78.1 Å². The van der Waals surface area contributed by atoms with Gasteiger partial charge in [-0.2, -0.15) is 0 Å². The number of ether oxygens (including phenoxy) is 1. The molecule has 4 aliphatic rings. The van der Waals surface area contributed by atoms with E-state index >= 15 is 0 Å². The second-order valence-electron chi connectivity index (χ2n) is 9.53. The number of carbonyl (C=O) groups excluding carboxylic acids is 1. The number of nitrogens with zero attached hydrogens (tertiary/aromatic N) is 4. The van der Waals surface area contributed by atoms with E-state index in [4.69, 9.17) is 4.74 Å². The standard InChI is InChI=1S/C25H34N4O2/c1-3-18-17-29-11-9-19(18)16-23(29)24(31-25(30)28-14-12-27(2)13-15-28)21-8-10-26-22-7-5-4-6-20(21)22/h4-8,10,18-19,23-24H,3,9,11-17H2,1-2H3/t18-,19-,23-,24+/m0/s1. The van der Waals surface area contributed by atoms with Crippen molar-refractivity contribution in [3.8, 4) is 0 Å². The number of para-hydroxylation sites is 1. The third-order valence-electron chi connectivity index (χ3n) is 7.79. The Morgan fingerprint density at radius 1 is 1.16 bits per heavy atom. The largest absolute Gasteiger partial charge is 0.440 e. The molecule has 6 nitrogen and oxygen atoms in total. The number of hydrogen-bond acceptors (Lipinski definition) is 5. The highest BCUT2D eigenvalue weighted by Crippen LogP contribution is 2.44. The molecule has 1 unspecified atom stereocenters. The summed E-state index contributed by atoms with van der Waals surface area (Å²) in [6, 6.07) is 10.5. The Labute approximate surface area is 185 Å². The Kier molecular flexibility index (Phi) is 5.85. The molecule has 1 amide bonds. The smallest absolute Gasteiger partial charge is 0.410 e. The summed E-state index contributed by atoms with van der Waals surface area (Å²) in [5, 5.41) is 1.09. The van der Waals surface area contributed by atoms with Gasteiger partial charge in [-0.05, 0) is 50.4 Å². The third-order valence-corrected chi connectivity index (χ3v) is 7.79. The van der Waals surface area contributed by atoms with Gasteiger partial charge in [0.2, 0.25) is 0 Å². The number of amides is 1. The summed E-state index contributed by atoms with van der Waals surface area (Å²) in [6.07, 6.45) is 5.03. The minimum Gasteiger partial charge on any atom is -0.440 e. The van der Waals surface area contributed by atoms with Gasteiger partial charge in [0.1, 0.15) is 6.10 Å². The molecule has 4 saturated heterocycles. The summed E-state index contributed by atoms with van der Waals surface area (Å²) in [6.45, 7) is 7.79. The number of piperazine rings is 1. The molecule has 0 saturated carbocycles. The first kappa shape index (κ1) is 20.7. The molecule has 4 fully saturated rings. The lowest BCUT2D eigenvalue weighted by atomic mass is 9.72. The molecular weight excluding hydrogens is 388 g/mol. The maximum atomic E-state index is 13.2. The number of aromatic nitrogens is 1. The average Bonchev–Trinajstić information content (AvgIpc) is 2.82. The minimum absolute atomic E-state index is 0.173. The van der Waals surface area contributed by atoms with Crippen LogP contribution in [0.4, 0.5) is 4.79 Å². The van der Waals surface area contributed by atoms with Crippen LogP contribution in [0.15, 0.2) is 36.5 Å². The zero-order chi connectivity index (χ0) is 21.4. The number of piperidine rings is 3. The van der Waals surface area contributed by atoms with Crippen molar-refractivity contribution in [1.82, 2.24) is 19.7 Å². The lowest BCUT2D eigenvalue weighted by Gasteiger charge is -2.52. The predicted molar refractivity (Wildman–Crippen MR) is 122 cm³/mol. The highest BCUT2D eigenvalue weighted by Gasteiger charge is 2.44. The monoisotopic (exact) mass is 422 g/mol. The summed E-state index contributed by atoms with van der Waals surface area (Å²) in [7, 11) is 2.10. The van der Waals surface area contributed by atoms with Crippen molar-refractivity contribution in [2.45, 2.75) is 38.3 Å². The first-order valence-corrected chi connectivity index (χ1v) is 11.9. The van der Waals surface area contributed by atoms with E-state index in [9.17, 15) is 4.79 Å². The number of likely N-dealkylation sites (N-methyl/N-ethyl adjacent to an activating group) is 1. The van der Waals surface area contributed by atoms with Crippen molar-refractivity contribution < 1.29 is 9.53 Å². The summed E-state index contributed by atoms with van der Waals surface area (Å²) >= 11 is 0. The average molecular weight is 423 g/mol. The molecule has 1 aromatic carbocycles.